The number of benzene rings is 1. The molecule has 1 aromatic heterocycles. The monoisotopic (exact) mass is 432 g/mol. The lowest BCUT2D eigenvalue weighted by Gasteiger charge is -2.19. The van der Waals surface area contributed by atoms with Gasteiger partial charge in [0.1, 0.15) is 11.6 Å². The molecular formula is C17H18Cl2N2O5S. The van der Waals surface area contributed by atoms with E-state index < -0.39 is 28.1 Å². The highest BCUT2D eigenvalue weighted by Gasteiger charge is 2.23. The van der Waals surface area contributed by atoms with Crippen molar-refractivity contribution < 1.29 is 17.9 Å². The van der Waals surface area contributed by atoms with E-state index in [4.69, 9.17) is 27.9 Å². The Morgan fingerprint density at radius 3 is 2.44 bits per heavy atom. The molecule has 0 aliphatic carbocycles. The van der Waals surface area contributed by atoms with Crippen LogP contribution in [0.2, 0.25) is 10.0 Å². The summed E-state index contributed by atoms with van der Waals surface area (Å²) < 4.78 is 32.5. The highest BCUT2D eigenvalue weighted by Crippen LogP contribution is 2.31. The van der Waals surface area contributed by atoms with Crippen LogP contribution in [0.4, 0.5) is 0 Å². The van der Waals surface area contributed by atoms with Gasteiger partial charge in [-0.3, -0.25) is 4.79 Å². The summed E-state index contributed by atoms with van der Waals surface area (Å²) in [6.45, 7) is 3.51. The summed E-state index contributed by atoms with van der Waals surface area (Å²) in [5.41, 5.74) is -0.539. The summed E-state index contributed by atoms with van der Waals surface area (Å²) in [5.74, 6) is -0.743. The SMILES string of the molecule is CCN(CC)S(=O)(=O)c1ccc(=O)n(CC(=O)Oc2cccc(Cl)c2Cl)c1. The van der Waals surface area contributed by atoms with Gasteiger partial charge < -0.3 is 9.30 Å². The average molecular weight is 433 g/mol. The fraction of sp³-hybridized carbons (Fsp3) is 0.294. The van der Waals surface area contributed by atoms with Crippen LogP contribution in [0.1, 0.15) is 13.8 Å². The molecule has 0 unspecified atom stereocenters. The zero-order valence-corrected chi connectivity index (χ0v) is 17.0. The maximum absolute atomic E-state index is 12.6. The third kappa shape index (κ3) is 4.90. The number of esters is 1. The van der Waals surface area contributed by atoms with E-state index in [1.54, 1.807) is 19.9 Å². The number of ether oxygens (including phenoxy) is 1. The van der Waals surface area contributed by atoms with Crippen molar-refractivity contribution in [2.45, 2.75) is 25.3 Å². The Balaban J connectivity index is 2.28. The van der Waals surface area contributed by atoms with Crippen LogP contribution in [-0.2, 0) is 21.4 Å². The van der Waals surface area contributed by atoms with Crippen LogP contribution in [0.3, 0.4) is 0 Å². The smallest absolute Gasteiger partial charge is 0.331 e. The molecule has 0 aliphatic rings. The number of hydrogen-bond donors (Lipinski definition) is 0. The molecule has 0 amide bonds. The molecule has 0 spiro atoms. The van der Waals surface area contributed by atoms with E-state index in [1.165, 1.54) is 22.5 Å². The van der Waals surface area contributed by atoms with E-state index in [0.29, 0.717) is 0 Å². The molecule has 1 aromatic carbocycles. The van der Waals surface area contributed by atoms with Crippen LogP contribution in [0.25, 0.3) is 0 Å². The Hall–Kier alpha value is -1.87. The van der Waals surface area contributed by atoms with Gasteiger partial charge in [-0.25, -0.2) is 13.2 Å². The first-order valence-corrected chi connectivity index (χ1v) is 10.3. The van der Waals surface area contributed by atoms with E-state index in [2.05, 4.69) is 0 Å². The summed E-state index contributed by atoms with van der Waals surface area (Å²) in [6, 6.07) is 6.85. The van der Waals surface area contributed by atoms with Crippen molar-refractivity contribution in [1.82, 2.24) is 8.87 Å². The molecule has 0 aliphatic heterocycles. The number of hydrogen-bond acceptors (Lipinski definition) is 5. The quantitative estimate of drug-likeness (QED) is 0.495. The van der Waals surface area contributed by atoms with Crippen LogP contribution in [0.15, 0.2) is 46.2 Å². The van der Waals surface area contributed by atoms with E-state index in [1.807, 2.05) is 0 Å². The lowest BCUT2D eigenvalue weighted by Crippen LogP contribution is -2.32. The first-order valence-electron chi connectivity index (χ1n) is 8.06. The Kier molecular flexibility index (Phi) is 7.05. The topological polar surface area (TPSA) is 85.7 Å². The van der Waals surface area contributed by atoms with Gasteiger partial charge >= 0.3 is 5.97 Å². The molecule has 27 heavy (non-hydrogen) atoms. The van der Waals surface area contributed by atoms with Crippen molar-refractivity contribution in [3.05, 3.63) is 56.9 Å². The predicted molar refractivity (Wildman–Crippen MR) is 103 cm³/mol. The second-order valence-electron chi connectivity index (χ2n) is 5.45. The van der Waals surface area contributed by atoms with Crippen LogP contribution in [0.5, 0.6) is 5.75 Å². The second kappa shape index (κ2) is 8.88. The number of aromatic nitrogens is 1. The third-order valence-corrected chi connectivity index (χ3v) is 6.57. The minimum Gasteiger partial charge on any atom is -0.424 e. The number of pyridine rings is 1. The highest BCUT2D eigenvalue weighted by atomic mass is 35.5. The molecule has 0 saturated heterocycles. The number of nitrogens with zero attached hydrogens (tertiary/aromatic N) is 2. The van der Waals surface area contributed by atoms with Gasteiger partial charge in [0.25, 0.3) is 5.56 Å². The van der Waals surface area contributed by atoms with Crippen molar-refractivity contribution in [3.63, 3.8) is 0 Å². The van der Waals surface area contributed by atoms with Gasteiger partial charge in [0.05, 0.1) is 9.92 Å². The van der Waals surface area contributed by atoms with E-state index in [0.717, 1.165) is 16.8 Å². The second-order valence-corrected chi connectivity index (χ2v) is 8.17. The first kappa shape index (κ1) is 21.4. The average Bonchev–Trinajstić information content (AvgIpc) is 2.61. The lowest BCUT2D eigenvalue weighted by atomic mass is 10.3. The molecule has 146 valence electrons. The van der Waals surface area contributed by atoms with Crippen LogP contribution in [-0.4, -0.2) is 36.3 Å². The maximum Gasteiger partial charge on any atom is 0.331 e. The van der Waals surface area contributed by atoms with Gasteiger partial charge in [-0.05, 0) is 18.2 Å². The van der Waals surface area contributed by atoms with Crippen molar-refractivity contribution >= 4 is 39.2 Å². The van der Waals surface area contributed by atoms with Gasteiger partial charge in [0.2, 0.25) is 10.0 Å². The van der Waals surface area contributed by atoms with Crippen LogP contribution >= 0.6 is 23.2 Å². The molecule has 0 atom stereocenters. The summed E-state index contributed by atoms with van der Waals surface area (Å²) in [7, 11) is -3.76. The normalized spacial score (nSPS) is 11.6. The molecule has 1 heterocycles. The highest BCUT2D eigenvalue weighted by molar-refractivity contribution is 7.89. The number of rotatable bonds is 7. The van der Waals surface area contributed by atoms with E-state index in [-0.39, 0.29) is 33.8 Å². The molecular weight excluding hydrogens is 415 g/mol. The zero-order valence-electron chi connectivity index (χ0n) is 14.7. The number of carbonyl (C=O) groups excluding carboxylic acids is 1. The number of sulfonamides is 1. The van der Waals surface area contributed by atoms with Crippen molar-refractivity contribution in [3.8, 4) is 5.75 Å². The maximum atomic E-state index is 12.6. The van der Waals surface area contributed by atoms with Crippen molar-refractivity contribution in [2.75, 3.05) is 13.1 Å². The minimum absolute atomic E-state index is 0.0501. The van der Waals surface area contributed by atoms with Gasteiger partial charge in [0, 0.05) is 25.4 Å². The summed E-state index contributed by atoms with van der Waals surface area (Å²) in [6.07, 6.45) is 1.12. The largest absolute Gasteiger partial charge is 0.424 e. The van der Waals surface area contributed by atoms with Crippen LogP contribution < -0.4 is 10.3 Å². The molecule has 0 radical (unpaired) electrons. The van der Waals surface area contributed by atoms with E-state index >= 15 is 0 Å². The Labute approximate surface area is 167 Å². The molecule has 0 fully saturated rings. The van der Waals surface area contributed by atoms with Crippen LogP contribution in [0, 0.1) is 0 Å². The molecule has 2 aromatic rings. The fourth-order valence-corrected chi connectivity index (χ4v) is 4.16. The first-order chi connectivity index (χ1) is 12.7. The molecule has 0 bridgehead atoms. The Bertz CT molecular complexity index is 1000. The molecule has 0 N–H and O–H groups in total. The standard InChI is InChI=1S/C17H18Cl2N2O5S/c1-3-21(4-2)27(24,25)12-8-9-15(22)20(10-12)11-16(23)26-14-7-5-6-13(18)17(14)19/h5-10H,3-4,11H2,1-2H3. The molecule has 0 saturated carbocycles. The van der Waals surface area contributed by atoms with Crippen molar-refractivity contribution in [1.29, 1.82) is 0 Å². The predicted octanol–water partition coefficient (Wildman–Crippen LogP) is 2.79. The molecule has 2 rings (SSSR count). The number of halogens is 2. The minimum atomic E-state index is -3.76. The van der Waals surface area contributed by atoms with Gasteiger partial charge in [-0.1, -0.05) is 43.1 Å². The van der Waals surface area contributed by atoms with Crippen molar-refractivity contribution in [2.24, 2.45) is 0 Å². The molecule has 7 nitrogen and oxygen atoms in total. The Morgan fingerprint density at radius 2 is 1.81 bits per heavy atom. The lowest BCUT2D eigenvalue weighted by molar-refractivity contribution is -0.135. The fourth-order valence-electron chi connectivity index (χ4n) is 2.35. The summed E-state index contributed by atoms with van der Waals surface area (Å²) >= 11 is 11.8. The summed E-state index contributed by atoms with van der Waals surface area (Å²) in [5, 5.41) is 0.282. The summed E-state index contributed by atoms with van der Waals surface area (Å²) in [4.78, 5) is 24.1. The van der Waals surface area contributed by atoms with Gasteiger partial charge in [-0.2, -0.15) is 4.31 Å². The van der Waals surface area contributed by atoms with Gasteiger partial charge in [0.15, 0.2) is 5.75 Å². The zero-order chi connectivity index (χ0) is 20.2. The Morgan fingerprint density at radius 1 is 1.15 bits per heavy atom. The molecule has 10 heteroatoms. The third-order valence-electron chi connectivity index (χ3n) is 3.74. The van der Waals surface area contributed by atoms with E-state index in [9.17, 15) is 18.0 Å². The number of carbonyl (C=O) groups is 1. The van der Waals surface area contributed by atoms with Gasteiger partial charge in [-0.15, -0.1) is 0 Å².